The smallest absolute Gasteiger partial charge is 0.227 e. The molecule has 1 fully saturated rings. The van der Waals surface area contributed by atoms with E-state index in [1.165, 1.54) is 17.7 Å². The zero-order chi connectivity index (χ0) is 20.4. The highest BCUT2D eigenvalue weighted by molar-refractivity contribution is 5.46. The number of rotatable bonds is 5. The summed E-state index contributed by atoms with van der Waals surface area (Å²) in [6.07, 6.45) is 5.43. The van der Waals surface area contributed by atoms with Crippen molar-refractivity contribution in [3.63, 3.8) is 0 Å². The van der Waals surface area contributed by atoms with Crippen LogP contribution in [0.15, 0.2) is 24.4 Å². The lowest BCUT2D eigenvalue weighted by atomic mass is 9.91. The summed E-state index contributed by atoms with van der Waals surface area (Å²) in [4.78, 5) is 23.5. The summed E-state index contributed by atoms with van der Waals surface area (Å²) in [6, 6.07) is 6.81. The van der Waals surface area contributed by atoms with E-state index in [2.05, 4.69) is 47.0 Å². The molecule has 2 aromatic heterocycles. The Labute approximate surface area is 174 Å². The maximum atomic E-state index is 4.85. The highest BCUT2D eigenvalue weighted by Gasteiger charge is 2.26. The van der Waals surface area contributed by atoms with Crippen molar-refractivity contribution in [2.24, 2.45) is 0 Å². The van der Waals surface area contributed by atoms with Crippen molar-refractivity contribution in [3.05, 3.63) is 41.3 Å². The molecule has 0 saturated carbocycles. The fourth-order valence-electron chi connectivity index (χ4n) is 4.33. The normalized spacial score (nSPS) is 20.0. The van der Waals surface area contributed by atoms with Gasteiger partial charge >= 0.3 is 0 Å². The second kappa shape index (κ2) is 8.63. The molecule has 1 atom stereocenters. The monoisotopic (exact) mass is 395 g/mol. The van der Waals surface area contributed by atoms with Crippen molar-refractivity contribution in [2.75, 3.05) is 64.2 Å². The van der Waals surface area contributed by atoms with Crippen LogP contribution in [0.25, 0.3) is 0 Å². The minimum atomic E-state index is 0.352. The Balaban J connectivity index is 1.56. The van der Waals surface area contributed by atoms with E-state index < -0.39 is 0 Å². The van der Waals surface area contributed by atoms with Crippen LogP contribution in [-0.4, -0.2) is 79.1 Å². The molecule has 7 heteroatoms. The predicted octanol–water partition coefficient (Wildman–Crippen LogP) is 2.20. The molecule has 0 bridgehead atoms. The lowest BCUT2D eigenvalue weighted by molar-refractivity contribution is 0.206. The van der Waals surface area contributed by atoms with Gasteiger partial charge in [0.05, 0.1) is 17.4 Å². The first-order valence-corrected chi connectivity index (χ1v) is 10.6. The molecule has 0 radical (unpaired) electrons. The van der Waals surface area contributed by atoms with Gasteiger partial charge in [0.15, 0.2) is 0 Å². The van der Waals surface area contributed by atoms with E-state index in [1.807, 2.05) is 25.2 Å². The van der Waals surface area contributed by atoms with Crippen molar-refractivity contribution in [2.45, 2.75) is 31.8 Å². The molecule has 156 valence electrons. The average molecular weight is 396 g/mol. The third kappa shape index (κ3) is 4.51. The number of hydrogen-bond donors (Lipinski definition) is 0. The minimum Gasteiger partial charge on any atom is -0.354 e. The molecule has 0 N–H and O–H groups in total. The standard InChI is InChI=1S/C22H33N7/c1-26(2)22-24-18(15-20(25-22)29-13-11-27(3)12-14-29)16-28(4)19-9-5-7-17-8-6-10-23-21(17)19/h6,8,10,15,19H,5,7,9,11-14,16H2,1-4H3. The molecule has 2 aromatic rings. The van der Waals surface area contributed by atoms with E-state index in [4.69, 9.17) is 15.0 Å². The van der Waals surface area contributed by atoms with Crippen molar-refractivity contribution in [1.82, 2.24) is 24.8 Å². The van der Waals surface area contributed by atoms with Crippen molar-refractivity contribution < 1.29 is 0 Å². The second-order valence-corrected chi connectivity index (χ2v) is 8.57. The Morgan fingerprint density at radius 3 is 2.66 bits per heavy atom. The number of aryl methyl sites for hydroxylation is 1. The highest BCUT2D eigenvalue weighted by atomic mass is 15.3. The topological polar surface area (TPSA) is 51.6 Å². The molecular formula is C22H33N7. The van der Waals surface area contributed by atoms with Crippen molar-refractivity contribution in [1.29, 1.82) is 0 Å². The lowest BCUT2D eigenvalue weighted by Crippen LogP contribution is -2.45. The number of anilines is 2. The van der Waals surface area contributed by atoms with Gasteiger partial charge < -0.3 is 14.7 Å². The molecular weight excluding hydrogens is 362 g/mol. The number of piperazine rings is 1. The summed E-state index contributed by atoms with van der Waals surface area (Å²) in [5.74, 6) is 1.83. The van der Waals surface area contributed by atoms with Crippen LogP contribution in [0.3, 0.4) is 0 Å². The van der Waals surface area contributed by atoms with E-state index in [0.717, 1.165) is 63.0 Å². The van der Waals surface area contributed by atoms with Gasteiger partial charge in [0.2, 0.25) is 5.95 Å². The van der Waals surface area contributed by atoms with E-state index in [0.29, 0.717) is 6.04 Å². The highest BCUT2D eigenvalue weighted by Crippen LogP contribution is 2.32. The molecule has 1 unspecified atom stereocenters. The first-order chi connectivity index (χ1) is 14.0. The summed E-state index contributed by atoms with van der Waals surface area (Å²) in [5.41, 5.74) is 3.70. The Hall–Kier alpha value is -2.25. The third-order valence-electron chi connectivity index (χ3n) is 6.09. The molecule has 3 heterocycles. The van der Waals surface area contributed by atoms with Gasteiger partial charge in [-0.3, -0.25) is 9.88 Å². The Morgan fingerprint density at radius 1 is 1.10 bits per heavy atom. The SMILES string of the molecule is CN1CCN(c2cc(CN(C)C3CCCc4cccnc43)nc(N(C)C)n2)CC1. The van der Waals surface area contributed by atoms with Gasteiger partial charge in [0.25, 0.3) is 0 Å². The van der Waals surface area contributed by atoms with Crippen LogP contribution >= 0.6 is 0 Å². The molecule has 0 amide bonds. The summed E-state index contributed by atoms with van der Waals surface area (Å²) in [7, 11) is 8.40. The van der Waals surface area contributed by atoms with Crippen LogP contribution in [0.4, 0.5) is 11.8 Å². The van der Waals surface area contributed by atoms with Gasteiger partial charge in [-0.2, -0.15) is 4.98 Å². The number of nitrogens with zero attached hydrogens (tertiary/aromatic N) is 7. The second-order valence-electron chi connectivity index (χ2n) is 8.57. The zero-order valence-electron chi connectivity index (χ0n) is 18.2. The fraction of sp³-hybridized carbons (Fsp3) is 0.591. The quantitative estimate of drug-likeness (QED) is 0.769. The Morgan fingerprint density at radius 2 is 1.90 bits per heavy atom. The van der Waals surface area contributed by atoms with E-state index in [9.17, 15) is 0 Å². The number of fused-ring (bicyclic) bond motifs is 1. The molecule has 0 spiro atoms. The van der Waals surface area contributed by atoms with Gasteiger partial charge in [-0.05, 0) is 45.0 Å². The van der Waals surface area contributed by atoms with Crippen molar-refractivity contribution in [3.8, 4) is 0 Å². The Kier molecular flexibility index (Phi) is 5.96. The molecule has 7 nitrogen and oxygen atoms in total. The van der Waals surface area contributed by atoms with Gasteiger partial charge in [-0.25, -0.2) is 4.98 Å². The zero-order valence-corrected chi connectivity index (χ0v) is 18.2. The van der Waals surface area contributed by atoms with Gasteiger partial charge in [0, 0.05) is 59.1 Å². The first kappa shape index (κ1) is 20.0. The van der Waals surface area contributed by atoms with Crippen molar-refractivity contribution >= 4 is 11.8 Å². The van der Waals surface area contributed by atoms with E-state index >= 15 is 0 Å². The third-order valence-corrected chi connectivity index (χ3v) is 6.09. The molecule has 0 aromatic carbocycles. The summed E-state index contributed by atoms with van der Waals surface area (Å²) >= 11 is 0. The fourth-order valence-corrected chi connectivity index (χ4v) is 4.33. The summed E-state index contributed by atoms with van der Waals surface area (Å²) in [6.45, 7) is 4.96. The maximum absolute atomic E-state index is 4.85. The lowest BCUT2D eigenvalue weighted by Gasteiger charge is -2.34. The van der Waals surface area contributed by atoms with E-state index in [-0.39, 0.29) is 0 Å². The van der Waals surface area contributed by atoms with Crippen LogP contribution in [0.1, 0.15) is 35.8 Å². The Bertz CT molecular complexity index is 830. The average Bonchev–Trinajstić information content (AvgIpc) is 2.73. The van der Waals surface area contributed by atoms with Gasteiger partial charge in [-0.1, -0.05) is 6.07 Å². The molecule has 1 aliphatic carbocycles. The number of aromatic nitrogens is 3. The molecule has 1 aliphatic heterocycles. The van der Waals surface area contributed by atoms with Gasteiger partial charge in [-0.15, -0.1) is 0 Å². The van der Waals surface area contributed by atoms with Crippen LogP contribution in [0.2, 0.25) is 0 Å². The number of hydrogen-bond acceptors (Lipinski definition) is 7. The summed E-state index contributed by atoms with van der Waals surface area (Å²) in [5, 5.41) is 0. The van der Waals surface area contributed by atoms with Gasteiger partial charge in [0.1, 0.15) is 5.82 Å². The number of likely N-dealkylation sites (N-methyl/N-ethyl adjacent to an activating group) is 1. The largest absolute Gasteiger partial charge is 0.354 e. The van der Waals surface area contributed by atoms with Crippen LogP contribution in [-0.2, 0) is 13.0 Å². The molecule has 29 heavy (non-hydrogen) atoms. The predicted molar refractivity (Wildman–Crippen MR) is 117 cm³/mol. The number of pyridine rings is 1. The molecule has 4 rings (SSSR count). The van der Waals surface area contributed by atoms with E-state index in [1.54, 1.807) is 0 Å². The summed E-state index contributed by atoms with van der Waals surface area (Å²) < 4.78 is 0. The maximum Gasteiger partial charge on any atom is 0.227 e. The van der Waals surface area contributed by atoms with Crippen LogP contribution < -0.4 is 9.80 Å². The van der Waals surface area contributed by atoms with Crippen LogP contribution in [0, 0.1) is 0 Å². The minimum absolute atomic E-state index is 0.352. The van der Waals surface area contributed by atoms with Crippen LogP contribution in [0.5, 0.6) is 0 Å². The molecule has 1 saturated heterocycles. The molecule has 2 aliphatic rings. The first-order valence-electron chi connectivity index (χ1n) is 10.6.